The average Bonchev–Trinajstić information content (AvgIpc) is 3.61. The van der Waals surface area contributed by atoms with Gasteiger partial charge in [0.1, 0.15) is 6.54 Å². The molecule has 2 fully saturated rings. The Bertz CT molecular complexity index is 1070. The third kappa shape index (κ3) is 7.36. The number of amides is 3. The fourth-order valence-corrected chi connectivity index (χ4v) is 5.43. The average molecular weight is 512 g/mol. The number of carbonyl (C=O) groups excluding carboxylic acids is 3. The van der Waals surface area contributed by atoms with Gasteiger partial charge in [-0.15, -0.1) is 11.3 Å². The van der Waals surface area contributed by atoms with Crippen molar-refractivity contribution in [1.82, 2.24) is 20.1 Å². The monoisotopic (exact) mass is 511 g/mol. The summed E-state index contributed by atoms with van der Waals surface area (Å²) in [5.74, 6) is -0.452. The lowest BCUT2D eigenvalue weighted by Gasteiger charge is -2.33. The molecule has 0 radical (unpaired) electrons. The molecule has 2 N–H and O–H groups in total. The number of aromatic nitrogens is 1. The van der Waals surface area contributed by atoms with E-state index in [-0.39, 0.29) is 36.7 Å². The number of aryl methyl sites for hydroxylation is 1. The maximum absolute atomic E-state index is 13.1. The second-order valence-electron chi connectivity index (χ2n) is 9.93. The van der Waals surface area contributed by atoms with Crippen molar-refractivity contribution < 1.29 is 14.4 Å². The number of hydrogen-bond donors (Lipinski definition) is 2. The van der Waals surface area contributed by atoms with Crippen molar-refractivity contribution >= 4 is 34.2 Å². The molecule has 2 aliphatic rings. The van der Waals surface area contributed by atoms with Gasteiger partial charge in [0, 0.05) is 36.1 Å². The first-order valence-electron chi connectivity index (χ1n) is 13.0. The normalized spacial score (nSPS) is 18.0. The molecule has 1 aliphatic heterocycles. The number of rotatable bonds is 11. The first kappa shape index (κ1) is 26.3. The molecule has 2 aromatic rings. The van der Waals surface area contributed by atoms with Gasteiger partial charge in [-0.1, -0.05) is 24.6 Å². The molecular weight excluding hydrogens is 474 g/mol. The van der Waals surface area contributed by atoms with E-state index in [0.29, 0.717) is 29.0 Å². The zero-order chi connectivity index (χ0) is 25.5. The highest BCUT2D eigenvalue weighted by atomic mass is 32.1. The van der Waals surface area contributed by atoms with E-state index >= 15 is 0 Å². The number of piperidine rings is 1. The molecule has 1 aromatic carbocycles. The Morgan fingerprint density at radius 1 is 1.14 bits per heavy atom. The van der Waals surface area contributed by atoms with Crippen LogP contribution in [0.4, 0.5) is 5.13 Å². The van der Waals surface area contributed by atoms with Gasteiger partial charge in [-0.3, -0.25) is 14.4 Å². The highest BCUT2D eigenvalue weighted by molar-refractivity contribution is 7.13. The topological polar surface area (TPSA) is 94.6 Å². The SMILES string of the molecule is Cc1ccccc1C(=O)N(CC(=O)Nc1nc(CC(=O)NCCCN2CCCCC2C)cs1)C1CC1. The highest BCUT2D eigenvalue weighted by Crippen LogP contribution is 2.29. The van der Waals surface area contributed by atoms with E-state index in [2.05, 4.69) is 27.4 Å². The molecule has 1 saturated heterocycles. The molecule has 1 atom stereocenters. The summed E-state index contributed by atoms with van der Waals surface area (Å²) in [5.41, 5.74) is 2.16. The Kier molecular flexibility index (Phi) is 9.09. The van der Waals surface area contributed by atoms with Gasteiger partial charge in [0.15, 0.2) is 5.13 Å². The van der Waals surface area contributed by atoms with Gasteiger partial charge in [0.2, 0.25) is 11.8 Å². The number of hydrogen-bond acceptors (Lipinski definition) is 6. The Hall–Kier alpha value is -2.78. The lowest BCUT2D eigenvalue weighted by Crippen LogP contribution is -2.39. The van der Waals surface area contributed by atoms with Crippen LogP contribution in [0.1, 0.15) is 67.1 Å². The van der Waals surface area contributed by atoms with Crippen LogP contribution in [-0.2, 0) is 16.0 Å². The second kappa shape index (κ2) is 12.5. The van der Waals surface area contributed by atoms with Crippen LogP contribution in [0.3, 0.4) is 0 Å². The third-order valence-corrected chi connectivity index (χ3v) is 7.77. The molecule has 8 nitrogen and oxygen atoms in total. The van der Waals surface area contributed by atoms with E-state index in [4.69, 9.17) is 0 Å². The van der Waals surface area contributed by atoms with Crippen LogP contribution in [-0.4, -0.2) is 70.8 Å². The maximum Gasteiger partial charge on any atom is 0.254 e. The second-order valence-corrected chi connectivity index (χ2v) is 10.8. The number of anilines is 1. The number of thiazole rings is 1. The molecule has 0 bridgehead atoms. The fraction of sp³-hybridized carbons (Fsp3) is 0.556. The molecule has 1 aliphatic carbocycles. The predicted molar refractivity (Wildman–Crippen MR) is 142 cm³/mol. The van der Waals surface area contributed by atoms with E-state index in [1.165, 1.54) is 30.6 Å². The minimum absolute atomic E-state index is 0.0110. The predicted octanol–water partition coefficient (Wildman–Crippen LogP) is 3.62. The van der Waals surface area contributed by atoms with Crippen molar-refractivity contribution in [1.29, 1.82) is 0 Å². The first-order valence-corrected chi connectivity index (χ1v) is 13.9. The molecule has 1 aromatic heterocycles. The van der Waals surface area contributed by atoms with Crippen molar-refractivity contribution in [3.8, 4) is 0 Å². The van der Waals surface area contributed by atoms with Gasteiger partial charge in [-0.05, 0) is 64.1 Å². The number of nitrogens with one attached hydrogen (secondary N) is 2. The van der Waals surface area contributed by atoms with Crippen LogP contribution < -0.4 is 10.6 Å². The number of carbonyl (C=O) groups is 3. The van der Waals surface area contributed by atoms with Gasteiger partial charge in [0.05, 0.1) is 12.1 Å². The summed E-state index contributed by atoms with van der Waals surface area (Å²) in [6.07, 6.45) is 6.79. The van der Waals surface area contributed by atoms with Crippen LogP contribution in [0, 0.1) is 6.92 Å². The summed E-state index contributed by atoms with van der Waals surface area (Å²) >= 11 is 1.29. The molecule has 3 amide bonds. The fourth-order valence-electron chi connectivity index (χ4n) is 4.71. The summed E-state index contributed by atoms with van der Waals surface area (Å²) in [7, 11) is 0. The highest BCUT2D eigenvalue weighted by Gasteiger charge is 2.34. The van der Waals surface area contributed by atoms with Crippen LogP contribution in [0.25, 0.3) is 0 Å². The minimum Gasteiger partial charge on any atom is -0.356 e. The maximum atomic E-state index is 13.1. The van der Waals surface area contributed by atoms with Crippen molar-refractivity contribution in [3.05, 3.63) is 46.5 Å². The molecule has 194 valence electrons. The molecule has 36 heavy (non-hydrogen) atoms. The molecular formula is C27H37N5O3S. The lowest BCUT2D eigenvalue weighted by atomic mass is 10.0. The van der Waals surface area contributed by atoms with Crippen molar-refractivity contribution in [2.24, 2.45) is 0 Å². The van der Waals surface area contributed by atoms with Crippen LogP contribution in [0.2, 0.25) is 0 Å². The smallest absolute Gasteiger partial charge is 0.254 e. The van der Waals surface area contributed by atoms with E-state index < -0.39 is 0 Å². The Labute approximate surface area is 217 Å². The minimum atomic E-state index is -0.277. The largest absolute Gasteiger partial charge is 0.356 e. The Balaban J connectivity index is 1.21. The van der Waals surface area contributed by atoms with Crippen LogP contribution in [0.5, 0.6) is 0 Å². The lowest BCUT2D eigenvalue weighted by molar-refractivity contribution is -0.120. The molecule has 1 saturated carbocycles. The summed E-state index contributed by atoms with van der Waals surface area (Å²) < 4.78 is 0. The summed E-state index contributed by atoms with van der Waals surface area (Å²) in [5, 5.41) is 8.02. The van der Waals surface area contributed by atoms with Crippen molar-refractivity contribution in [3.63, 3.8) is 0 Å². The molecule has 0 spiro atoms. The molecule has 4 rings (SSSR count). The quantitative estimate of drug-likeness (QED) is 0.450. The summed E-state index contributed by atoms with van der Waals surface area (Å²) in [4.78, 5) is 46.7. The number of benzene rings is 1. The van der Waals surface area contributed by atoms with Gasteiger partial charge in [0.25, 0.3) is 5.91 Å². The van der Waals surface area contributed by atoms with Crippen molar-refractivity contribution in [2.75, 3.05) is 31.5 Å². The molecule has 9 heteroatoms. The Morgan fingerprint density at radius 3 is 2.69 bits per heavy atom. The van der Waals surface area contributed by atoms with E-state index in [1.807, 2.05) is 25.1 Å². The standard InChI is InChI=1S/C27H37N5O3S/c1-19-8-3-4-10-23(19)26(35)32(22-11-12-22)17-25(34)30-27-29-21(18-36-27)16-24(33)28-13-7-15-31-14-6-5-9-20(31)2/h3-4,8,10,18,20,22H,5-7,9,11-17H2,1-2H3,(H,28,33)(H,29,30,34). The van der Waals surface area contributed by atoms with E-state index in [0.717, 1.165) is 37.9 Å². The summed E-state index contributed by atoms with van der Waals surface area (Å²) in [6, 6.07) is 8.19. The van der Waals surface area contributed by atoms with Gasteiger partial charge < -0.3 is 20.4 Å². The van der Waals surface area contributed by atoms with E-state index in [9.17, 15) is 14.4 Å². The van der Waals surface area contributed by atoms with Crippen LogP contribution >= 0.6 is 11.3 Å². The van der Waals surface area contributed by atoms with Crippen molar-refractivity contribution in [2.45, 2.75) is 70.9 Å². The molecule has 1 unspecified atom stereocenters. The zero-order valence-electron chi connectivity index (χ0n) is 21.3. The van der Waals surface area contributed by atoms with Crippen LogP contribution in [0.15, 0.2) is 29.6 Å². The number of likely N-dealkylation sites (tertiary alicyclic amines) is 1. The third-order valence-electron chi connectivity index (χ3n) is 6.96. The van der Waals surface area contributed by atoms with E-state index in [1.54, 1.807) is 16.3 Å². The molecule has 2 heterocycles. The van der Waals surface area contributed by atoms with Gasteiger partial charge in [-0.2, -0.15) is 0 Å². The van der Waals surface area contributed by atoms with Gasteiger partial charge in [-0.25, -0.2) is 4.98 Å². The Morgan fingerprint density at radius 2 is 1.94 bits per heavy atom. The first-order chi connectivity index (χ1) is 17.4. The number of nitrogens with zero attached hydrogens (tertiary/aromatic N) is 3. The van der Waals surface area contributed by atoms with Gasteiger partial charge >= 0.3 is 0 Å². The summed E-state index contributed by atoms with van der Waals surface area (Å²) in [6.45, 7) is 6.99. The zero-order valence-corrected chi connectivity index (χ0v) is 22.1.